The molecule has 0 spiro atoms. The number of carbonyl (C=O) groups excluding carboxylic acids is 1. The molecule has 114 valence electrons. The van der Waals surface area contributed by atoms with Crippen LogP contribution >= 0.6 is 34.8 Å². The van der Waals surface area contributed by atoms with Gasteiger partial charge in [-0.25, -0.2) is 0 Å². The maximum atomic E-state index is 12.0. The Kier molecular flexibility index (Phi) is 5.35. The molecule has 2 aromatic carbocycles. The van der Waals surface area contributed by atoms with Crippen molar-refractivity contribution in [3.63, 3.8) is 0 Å². The van der Waals surface area contributed by atoms with E-state index in [1.807, 2.05) is 42.5 Å². The fraction of sp³-hybridized carbons (Fsp3) is 0.0625. The van der Waals surface area contributed by atoms with Gasteiger partial charge in [0, 0.05) is 11.8 Å². The average Bonchev–Trinajstić information content (AvgIpc) is 2.48. The second-order valence-electron chi connectivity index (χ2n) is 4.50. The number of nitrogens with one attached hydrogen (secondary N) is 1. The van der Waals surface area contributed by atoms with E-state index in [9.17, 15) is 4.79 Å². The predicted molar refractivity (Wildman–Crippen MR) is 94.2 cm³/mol. The first-order valence-corrected chi connectivity index (χ1v) is 7.51. The topological polar surface area (TPSA) is 55.1 Å². The molecular formula is C16H13Cl3N2O. The highest BCUT2D eigenvalue weighted by atomic mass is 35.6. The number of hydrogen-bond donors (Lipinski definition) is 2. The predicted octanol–water partition coefficient (Wildman–Crippen LogP) is 4.66. The second kappa shape index (κ2) is 7.05. The third-order valence-corrected chi connectivity index (χ3v) is 3.43. The van der Waals surface area contributed by atoms with Crippen molar-refractivity contribution in [2.45, 2.75) is 3.79 Å². The van der Waals surface area contributed by atoms with Crippen LogP contribution in [0, 0.1) is 0 Å². The van der Waals surface area contributed by atoms with Crippen molar-refractivity contribution in [1.29, 1.82) is 0 Å². The average molecular weight is 356 g/mol. The molecule has 3 N–H and O–H groups in total. The normalized spacial score (nSPS) is 12.0. The highest BCUT2D eigenvalue weighted by Crippen LogP contribution is 2.30. The van der Waals surface area contributed by atoms with Crippen LogP contribution in [0.4, 0.5) is 11.4 Å². The number of halogens is 3. The van der Waals surface area contributed by atoms with Crippen LogP contribution in [-0.4, -0.2) is 9.58 Å². The minimum Gasteiger partial charge on any atom is -0.397 e. The quantitative estimate of drug-likeness (QED) is 0.476. The molecule has 0 aromatic heterocycles. The number of carbonyl (C=O) groups is 1. The van der Waals surface area contributed by atoms with Crippen molar-refractivity contribution < 1.29 is 4.79 Å². The van der Waals surface area contributed by atoms with Crippen LogP contribution in [0.1, 0.15) is 5.56 Å². The lowest BCUT2D eigenvalue weighted by Crippen LogP contribution is -2.17. The van der Waals surface area contributed by atoms with Crippen LogP contribution in [0.2, 0.25) is 0 Å². The molecule has 6 heteroatoms. The minimum absolute atomic E-state index is 0.495. The summed E-state index contributed by atoms with van der Waals surface area (Å²) in [6, 6.07) is 16.4. The number of nitrogen functional groups attached to an aromatic ring is 1. The molecule has 0 amide bonds. The van der Waals surface area contributed by atoms with Crippen LogP contribution in [0.5, 0.6) is 0 Å². The van der Waals surface area contributed by atoms with E-state index in [0.717, 1.165) is 5.56 Å². The van der Waals surface area contributed by atoms with Gasteiger partial charge in [-0.15, -0.1) is 0 Å². The summed E-state index contributed by atoms with van der Waals surface area (Å²) < 4.78 is -2.01. The zero-order chi connectivity index (χ0) is 16.2. The third-order valence-electron chi connectivity index (χ3n) is 2.87. The monoisotopic (exact) mass is 354 g/mol. The van der Waals surface area contributed by atoms with Crippen molar-refractivity contribution in [3.05, 3.63) is 66.2 Å². The fourth-order valence-electron chi connectivity index (χ4n) is 1.78. The molecule has 22 heavy (non-hydrogen) atoms. The van der Waals surface area contributed by atoms with Crippen LogP contribution in [-0.2, 0) is 4.79 Å². The van der Waals surface area contributed by atoms with Crippen LogP contribution in [0.3, 0.4) is 0 Å². The van der Waals surface area contributed by atoms with Crippen LogP contribution in [0.25, 0.3) is 5.70 Å². The maximum absolute atomic E-state index is 12.0. The zero-order valence-corrected chi connectivity index (χ0v) is 13.7. The smallest absolute Gasteiger partial charge is 0.252 e. The molecule has 0 aliphatic heterocycles. The molecule has 0 fully saturated rings. The lowest BCUT2D eigenvalue weighted by Gasteiger charge is -2.14. The van der Waals surface area contributed by atoms with Gasteiger partial charge < -0.3 is 11.1 Å². The van der Waals surface area contributed by atoms with Crippen LogP contribution in [0.15, 0.2) is 60.7 Å². The Morgan fingerprint density at radius 1 is 1.00 bits per heavy atom. The van der Waals surface area contributed by atoms with E-state index in [-0.39, 0.29) is 0 Å². The van der Waals surface area contributed by atoms with E-state index in [1.165, 1.54) is 6.08 Å². The van der Waals surface area contributed by atoms with Gasteiger partial charge in [-0.1, -0.05) is 77.3 Å². The summed E-state index contributed by atoms with van der Waals surface area (Å²) in [5.74, 6) is -0.640. The van der Waals surface area contributed by atoms with Crippen molar-refractivity contribution >= 4 is 57.7 Å². The van der Waals surface area contributed by atoms with E-state index >= 15 is 0 Å². The summed E-state index contributed by atoms with van der Waals surface area (Å²) in [5, 5.41) is 3.11. The molecule has 0 aliphatic carbocycles. The molecule has 0 radical (unpaired) electrons. The van der Waals surface area contributed by atoms with Gasteiger partial charge in [0.2, 0.25) is 5.78 Å². The van der Waals surface area contributed by atoms with Crippen molar-refractivity contribution in [2.75, 3.05) is 11.1 Å². The number of rotatable bonds is 4. The van der Waals surface area contributed by atoms with Gasteiger partial charge in [0.1, 0.15) is 0 Å². The molecule has 0 unspecified atom stereocenters. The van der Waals surface area contributed by atoms with E-state index in [1.54, 1.807) is 12.1 Å². The largest absolute Gasteiger partial charge is 0.397 e. The Hall–Kier alpha value is -1.68. The Balaban J connectivity index is 2.41. The van der Waals surface area contributed by atoms with Crippen molar-refractivity contribution in [3.8, 4) is 0 Å². The van der Waals surface area contributed by atoms with Gasteiger partial charge in [-0.05, 0) is 17.7 Å². The summed E-state index contributed by atoms with van der Waals surface area (Å²) in [5.41, 5.74) is 8.39. The Morgan fingerprint density at radius 2 is 1.59 bits per heavy atom. The standard InChI is InChI=1S/C16H13Cl3N2O/c17-16(18,19)15(22)10-14(11-6-2-1-3-7-11)21-13-9-5-4-8-12(13)20/h1-10,21H,20H2/b14-10+. The number of para-hydroxylation sites is 2. The number of anilines is 2. The molecular weight excluding hydrogens is 343 g/mol. The number of nitrogens with two attached hydrogens (primary N) is 1. The Morgan fingerprint density at radius 3 is 2.18 bits per heavy atom. The van der Waals surface area contributed by atoms with Gasteiger partial charge >= 0.3 is 0 Å². The number of hydrogen-bond acceptors (Lipinski definition) is 3. The molecule has 0 saturated carbocycles. The van der Waals surface area contributed by atoms with E-state index in [4.69, 9.17) is 40.5 Å². The molecule has 0 aliphatic rings. The highest BCUT2D eigenvalue weighted by Gasteiger charge is 2.29. The number of alkyl halides is 3. The van der Waals surface area contributed by atoms with Crippen molar-refractivity contribution in [1.82, 2.24) is 0 Å². The van der Waals surface area contributed by atoms with Gasteiger partial charge in [0.25, 0.3) is 3.79 Å². The first-order chi connectivity index (χ1) is 10.4. The van der Waals surface area contributed by atoms with Gasteiger partial charge in [-0.2, -0.15) is 0 Å². The first-order valence-electron chi connectivity index (χ1n) is 6.38. The molecule has 0 heterocycles. The van der Waals surface area contributed by atoms with Crippen molar-refractivity contribution in [2.24, 2.45) is 0 Å². The molecule has 0 bridgehead atoms. The van der Waals surface area contributed by atoms with Crippen LogP contribution < -0.4 is 11.1 Å². The molecule has 0 atom stereocenters. The van der Waals surface area contributed by atoms with Gasteiger partial charge in [-0.3, -0.25) is 4.79 Å². The highest BCUT2D eigenvalue weighted by molar-refractivity contribution is 6.77. The van der Waals surface area contributed by atoms with E-state index in [2.05, 4.69) is 5.32 Å². The minimum atomic E-state index is -2.01. The number of benzene rings is 2. The SMILES string of the molecule is Nc1ccccc1N/C(=C/C(=O)C(Cl)(Cl)Cl)c1ccccc1. The lowest BCUT2D eigenvalue weighted by atomic mass is 10.1. The number of ketones is 1. The molecule has 2 aromatic rings. The zero-order valence-electron chi connectivity index (χ0n) is 11.4. The summed E-state index contributed by atoms with van der Waals surface area (Å²) >= 11 is 16.9. The lowest BCUT2D eigenvalue weighted by molar-refractivity contribution is -0.113. The summed E-state index contributed by atoms with van der Waals surface area (Å²) in [4.78, 5) is 12.0. The molecule has 2 rings (SSSR count). The Bertz CT molecular complexity index is 694. The third kappa shape index (κ3) is 4.41. The van der Waals surface area contributed by atoms with E-state index in [0.29, 0.717) is 17.1 Å². The summed E-state index contributed by atoms with van der Waals surface area (Å²) in [6.07, 6.45) is 1.26. The fourth-order valence-corrected chi connectivity index (χ4v) is 1.94. The molecule has 0 saturated heterocycles. The van der Waals surface area contributed by atoms with E-state index < -0.39 is 9.58 Å². The second-order valence-corrected chi connectivity index (χ2v) is 6.78. The Labute approximate surface area is 143 Å². The summed E-state index contributed by atoms with van der Waals surface area (Å²) in [6.45, 7) is 0. The summed E-state index contributed by atoms with van der Waals surface area (Å²) in [7, 11) is 0. The van der Waals surface area contributed by atoms with Gasteiger partial charge in [0.15, 0.2) is 0 Å². The maximum Gasteiger partial charge on any atom is 0.252 e. The van der Waals surface area contributed by atoms with Gasteiger partial charge in [0.05, 0.1) is 11.4 Å². The number of allylic oxidation sites excluding steroid dienone is 1. The first kappa shape index (κ1) is 16.7. The molecule has 3 nitrogen and oxygen atoms in total.